The molecule has 0 heterocycles. The molecule has 4 nitrogen and oxygen atoms in total. The molecule has 1 aromatic carbocycles. The van der Waals surface area contributed by atoms with Crippen molar-refractivity contribution in [3.63, 3.8) is 0 Å². The molecule has 0 aliphatic rings. The Balaban J connectivity index is 2.88. The van der Waals surface area contributed by atoms with Crippen molar-refractivity contribution in [2.45, 2.75) is 12.8 Å². The molecule has 0 amide bonds. The van der Waals surface area contributed by atoms with E-state index in [0.717, 1.165) is 5.56 Å². The van der Waals surface area contributed by atoms with Gasteiger partial charge in [0, 0.05) is 5.92 Å². The van der Waals surface area contributed by atoms with Gasteiger partial charge in [-0.1, -0.05) is 19.1 Å². The lowest BCUT2D eigenvalue weighted by molar-refractivity contribution is 0.561. The summed E-state index contributed by atoms with van der Waals surface area (Å²) in [6.07, 6.45) is 2.98. The van der Waals surface area contributed by atoms with Crippen LogP contribution in [0.4, 0.5) is 5.69 Å². The Hall–Kier alpha value is -2.02. The summed E-state index contributed by atoms with van der Waals surface area (Å²) >= 11 is 0. The van der Waals surface area contributed by atoms with Crippen LogP contribution in [-0.4, -0.2) is 18.7 Å². The number of benzene rings is 1. The largest absolute Gasteiger partial charge is 0.240 e. The molecule has 0 saturated carbocycles. The Morgan fingerprint density at radius 3 is 2.80 bits per heavy atom. The maximum Gasteiger partial charge on any atom is 0.240 e. The third kappa shape index (κ3) is 3.31. The average Bonchev–Trinajstić information content (AvgIpc) is 2.27. The van der Waals surface area contributed by atoms with Crippen LogP contribution in [0.5, 0.6) is 0 Å². The fraction of sp³-hybridized carbons (Fsp3) is 0.273. The van der Waals surface area contributed by atoms with Crippen LogP contribution < -0.4 is 0 Å². The Morgan fingerprint density at radius 1 is 1.33 bits per heavy atom. The molecular formula is C11H10N2O2. The van der Waals surface area contributed by atoms with E-state index >= 15 is 0 Å². The quantitative estimate of drug-likeness (QED) is 0.554. The van der Waals surface area contributed by atoms with Gasteiger partial charge in [0.25, 0.3) is 0 Å². The zero-order valence-corrected chi connectivity index (χ0v) is 8.30. The molecule has 1 unspecified atom stereocenters. The van der Waals surface area contributed by atoms with Crippen molar-refractivity contribution in [1.82, 2.24) is 0 Å². The SMILES string of the molecule is CC(CN=C=O)c1cccc(N=C=O)c1. The van der Waals surface area contributed by atoms with Crippen LogP contribution in [0.25, 0.3) is 0 Å². The van der Waals surface area contributed by atoms with E-state index in [9.17, 15) is 9.59 Å². The van der Waals surface area contributed by atoms with E-state index in [2.05, 4.69) is 9.98 Å². The van der Waals surface area contributed by atoms with Gasteiger partial charge in [-0.2, -0.15) is 4.99 Å². The number of hydrogen-bond donors (Lipinski definition) is 0. The summed E-state index contributed by atoms with van der Waals surface area (Å²) in [7, 11) is 0. The fourth-order valence-corrected chi connectivity index (χ4v) is 1.23. The Morgan fingerprint density at radius 2 is 2.13 bits per heavy atom. The number of aliphatic imine (C=N–C) groups is 2. The molecule has 0 fully saturated rings. The molecule has 4 heteroatoms. The van der Waals surface area contributed by atoms with Gasteiger partial charge in [0.1, 0.15) is 0 Å². The van der Waals surface area contributed by atoms with Gasteiger partial charge in [-0.3, -0.25) is 0 Å². The smallest absolute Gasteiger partial charge is 0.211 e. The van der Waals surface area contributed by atoms with E-state index in [1.165, 1.54) is 12.2 Å². The zero-order valence-electron chi connectivity index (χ0n) is 8.30. The summed E-state index contributed by atoms with van der Waals surface area (Å²) in [5.41, 5.74) is 1.54. The lowest BCUT2D eigenvalue weighted by Crippen LogP contribution is -1.96. The van der Waals surface area contributed by atoms with Crippen molar-refractivity contribution in [1.29, 1.82) is 0 Å². The van der Waals surface area contributed by atoms with Gasteiger partial charge >= 0.3 is 0 Å². The molecule has 0 aliphatic carbocycles. The minimum absolute atomic E-state index is 0.105. The van der Waals surface area contributed by atoms with Crippen LogP contribution in [0.15, 0.2) is 34.3 Å². The van der Waals surface area contributed by atoms with Crippen LogP contribution >= 0.6 is 0 Å². The van der Waals surface area contributed by atoms with Crippen molar-refractivity contribution < 1.29 is 9.59 Å². The number of carbonyl (C=O) groups excluding carboxylic acids is 2. The number of nitrogens with zero attached hydrogens (tertiary/aromatic N) is 2. The molecule has 0 aromatic heterocycles. The van der Waals surface area contributed by atoms with E-state index in [1.807, 2.05) is 13.0 Å². The predicted octanol–water partition coefficient (Wildman–Crippen LogP) is 2.09. The number of rotatable bonds is 4. The fourth-order valence-electron chi connectivity index (χ4n) is 1.23. The molecule has 1 atom stereocenters. The topological polar surface area (TPSA) is 58.9 Å². The second-order valence-corrected chi connectivity index (χ2v) is 3.13. The van der Waals surface area contributed by atoms with Crippen molar-refractivity contribution >= 4 is 17.8 Å². The summed E-state index contributed by atoms with van der Waals surface area (Å²) in [5.74, 6) is 0.105. The molecule has 0 bridgehead atoms. The van der Waals surface area contributed by atoms with Crippen molar-refractivity contribution in [2.24, 2.45) is 9.98 Å². The van der Waals surface area contributed by atoms with Crippen LogP contribution in [-0.2, 0) is 9.59 Å². The van der Waals surface area contributed by atoms with Gasteiger partial charge in [0.2, 0.25) is 12.2 Å². The van der Waals surface area contributed by atoms with E-state index in [4.69, 9.17) is 0 Å². The Kier molecular flexibility index (Phi) is 4.17. The maximum absolute atomic E-state index is 10.1. The average molecular weight is 202 g/mol. The zero-order chi connectivity index (χ0) is 11.1. The molecule has 0 saturated heterocycles. The second kappa shape index (κ2) is 5.66. The van der Waals surface area contributed by atoms with Gasteiger partial charge in [-0.25, -0.2) is 14.6 Å². The van der Waals surface area contributed by atoms with Gasteiger partial charge in [0.05, 0.1) is 12.2 Å². The van der Waals surface area contributed by atoms with Crippen molar-refractivity contribution in [3.8, 4) is 0 Å². The molecule has 0 spiro atoms. The summed E-state index contributed by atoms with van der Waals surface area (Å²) < 4.78 is 0. The standard InChI is InChI=1S/C11H10N2O2/c1-9(6-12-7-14)10-3-2-4-11(5-10)13-8-15/h2-5,9H,6H2,1H3. The first-order chi connectivity index (χ1) is 7.27. The van der Waals surface area contributed by atoms with Crippen LogP contribution in [0.2, 0.25) is 0 Å². The van der Waals surface area contributed by atoms with Gasteiger partial charge in [-0.05, 0) is 17.7 Å². The van der Waals surface area contributed by atoms with E-state index in [1.54, 1.807) is 18.2 Å². The van der Waals surface area contributed by atoms with Crippen LogP contribution in [0.3, 0.4) is 0 Å². The first kappa shape index (κ1) is 11.1. The molecule has 1 aromatic rings. The summed E-state index contributed by atoms with van der Waals surface area (Å²) in [6.45, 7) is 2.32. The third-order valence-electron chi connectivity index (χ3n) is 2.04. The first-order valence-electron chi connectivity index (χ1n) is 4.49. The van der Waals surface area contributed by atoms with Crippen molar-refractivity contribution in [3.05, 3.63) is 29.8 Å². The highest BCUT2D eigenvalue weighted by Gasteiger charge is 2.04. The Labute approximate surface area is 87.4 Å². The van der Waals surface area contributed by atoms with E-state index < -0.39 is 0 Å². The second-order valence-electron chi connectivity index (χ2n) is 3.13. The van der Waals surface area contributed by atoms with Gasteiger partial charge in [-0.15, -0.1) is 0 Å². The molecule has 15 heavy (non-hydrogen) atoms. The minimum Gasteiger partial charge on any atom is -0.211 e. The number of isocyanates is 2. The third-order valence-corrected chi connectivity index (χ3v) is 2.04. The summed E-state index contributed by atoms with van der Waals surface area (Å²) in [6, 6.07) is 7.18. The highest BCUT2D eigenvalue weighted by Crippen LogP contribution is 2.20. The molecule has 0 N–H and O–H groups in total. The van der Waals surface area contributed by atoms with Gasteiger partial charge in [0.15, 0.2) is 0 Å². The summed E-state index contributed by atoms with van der Waals surface area (Å²) in [5, 5.41) is 0. The first-order valence-corrected chi connectivity index (χ1v) is 4.49. The van der Waals surface area contributed by atoms with Gasteiger partial charge < -0.3 is 0 Å². The van der Waals surface area contributed by atoms with Crippen molar-refractivity contribution in [2.75, 3.05) is 6.54 Å². The molecule has 0 aliphatic heterocycles. The summed E-state index contributed by atoms with van der Waals surface area (Å²) in [4.78, 5) is 27.0. The molecular weight excluding hydrogens is 192 g/mol. The maximum atomic E-state index is 10.1. The lowest BCUT2D eigenvalue weighted by Gasteiger charge is -2.07. The van der Waals surface area contributed by atoms with E-state index in [0.29, 0.717) is 12.2 Å². The highest BCUT2D eigenvalue weighted by atomic mass is 16.1. The monoisotopic (exact) mass is 202 g/mol. The van der Waals surface area contributed by atoms with Crippen LogP contribution in [0, 0.1) is 0 Å². The molecule has 0 radical (unpaired) electrons. The number of hydrogen-bond acceptors (Lipinski definition) is 4. The molecule has 76 valence electrons. The minimum atomic E-state index is 0.105. The Bertz CT molecular complexity index is 430. The molecule has 1 rings (SSSR count). The highest BCUT2D eigenvalue weighted by molar-refractivity contribution is 5.50. The normalized spacial score (nSPS) is 11.0. The predicted molar refractivity (Wildman–Crippen MR) is 55.6 cm³/mol. The van der Waals surface area contributed by atoms with Crippen LogP contribution in [0.1, 0.15) is 18.4 Å². The van der Waals surface area contributed by atoms with E-state index in [-0.39, 0.29) is 5.92 Å². The lowest BCUT2D eigenvalue weighted by atomic mass is 10.0.